The van der Waals surface area contributed by atoms with Gasteiger partial charge in [-0.15, -0.1) is 4.40 Å². The number of anilines is 1. The number of rotatable bonds is 7. The van der Waals surface area contributed by atoms with Crippen LogP contribution in [0.2, 0.25) is 0 Å². The normalized spacial score (nSPS) is 19.4. The Bertz CT molecular complexity index is 1170. The molecule has 4 rings (SSSR count). The second-order valence-electron chi connectivity index (χ2n) is 8.14. The monoisotopic (exact) mass is 473 g/mol. The number of aromatic nitrogens is 1. The molecular weight excluding hydrogens is 446 g/mol. The molecule has 10 nitrogen and oxygen atoms in total. The number of sulfonamides is 1. The van der Waals surface area contributed by atoms with Crippen molar-refractivity contribution >= 4 is 27.6 Å². The summed E-state index contributed by atoms with van der Waals surface area (Å²) >= 11 is 0. The average Bonchev–Trinajstić information content (AvgIpc) is 2.80. The molecule has 33 heavy (non-hydrogen) atoms. The average molecular weight is 474 g/mol. The molecule has 2 aliphatic rings. The smallest absolute Gasteiger partial charge is 0.259 e. The van der Waals surface area contributed by atoms with E-state index in [1.807, 2.05) is 0 Å². The first-order chi connectivity index (χ1) is 15.9. The van der Waals surface area contributed by atoms with Crippen molar-refractivity contribution in [2.45, 2.75) is 18.6 Å². The number of amidine groups is 1. The molecule has 0 spiro atoms. The van der Waals surface area contributed by atoms with E-state index in [2.05, 4.69) is 19.6 Å². The Morgan fingerprint density at radius 3 is 3.00 bits per heavy atom. The summed E-state index contributed by atoms with van der Waals surface area (Å²) < 4.78 is 33.5. The molecule has 0 aliphatic carbocycles. The maximum atomic E-state index is 12.2. The maximum Gasteiger partial charge on any atom is 0.259 e. The Morgan fingerprint density at radius 1 is 1.33 bits per heavy atom. The van der Waals surface area contributed by atoms with Gasteiger partial charge in [-0.1, -0.05) is 12.1 Å². The quantitative estimate of drug-likeness (QED) is 0.531. The van der Waals surface area contributed by atoms with E-state index < -0.39 is 10.0 Å². The van der Waals surface area contributed by atoms with Crippen LogP contribution < -0.4 is 20.7 Å². The van der Waals surface area contributed by atoms with Gasteiger partial charge in [0.15, 0.2) is 0 Å². The zero-order valence-corrected chi connectivity index (χ0v) is 18.9. The van der Waals surface area contributed by atoms with Crippen molar-refractivity contribution < 1.29 is 23.1 Å². The van der Waals surface area contributed by atoms with Crippen LogP contribution in [0.3, 0.4) is 0 Å². The van der Waals surface area contributed by atoms with Gasteiger partial charge in [0.2, 0.25) is 0 Å². The first-order valence-electron chi connectivity index (χ1n) is 10.8. The Morgan fingerprint density at radius 2 is 2.18 bits per heavy atom. The van der Waals surface area contributed by atoms with E-state index >= 15 is 0 Å². The van der Waals surface area contributed by atoms with Crippen LogP contribution in [-0.4, -0.2) is 63.1 Å². The molecule has 0 saturated carbocycles. The number of carbonyl (C=O) groups excluding carboxylic acids is 1. The predicted octanol–water partition coefficient (Wildman–Crippen LogP) is 0.648. The summed E-state index contributed by atoms with van der Waals surface area (Å²) in [6.07, 6.45) is 3.53. The molecular formula is C22H27N5O5S. The van der Waals surface area contributed by atoms with Crippen molar-refractivity contribution in [1.82, 2.24) is 10.3 Å². The molecule has 3 heterocycles. The molecule has 1 amide bonds. The predicted molar refractivity (Wildman–Crippen MR) is 124 cm³/mol. The zero-order valence-electron chi connectivity index (χ0n) is 18.1. The van der Waals surface area contributed by atoms with Crippen LogP contribution in [0.5, 0.6) is 5.75 Å². The number of piperidine rings is 1. The summed E-state index contributed by atoms with van der Waals surface area (Å²) in [5.41, 5.74) is 7.55. The highest BCUT2D eigenvalue weighted by Gasteiger charge is 2.27. The highest BCUT2D eigenvalue weighted by molar-refractivity contribution is 7.89. The molecule has 11 heteroatoms. The number of nitrogens with zero attached hydrogens (tertiary/aromatic N) is 3. The lowest BCUT2D eigenvalue weighted by atomic mass is 9.98. The minimum Gasteiger partial charge on any atom is -0.492 e. The molecule has 0 bridgehead atoms. The second-order valence-corrected chi connectivity index (χ2v) is 9.78. The molecule has 2 aliphatic heterocycles. The van der Waals surface area contributed by atoms with Crippen molar-refractivity contribution in [2.75, 3.05) is 37.7 Å². The Hall–Kier alpha value is -3.18. The SMILES string of the molecule is NC1=NS(=O)(=O)Cc2cccc(OC[C@H]3CCCN(c4cc(C(=O)NCCO)ccn4)C3)c21. The lowest BCUT2D eigenvalue weighted by Crippen LogP contribution is -2.38. The zero-order chi connectivity index (χ0) is 23.4. The third kappa shape index (κ3) is 5.42. The molecule has 2 aromatic rings. The van der Waals surface area contributed by atoms with E-state index in [4.69, 9.17) is 15.6 Å². The van der Waals surface area contributed by atoms with Gasteiger partial charge in [-0.25, -0.2) is 13.4 Å². The third-order valence-corrected chi connectivity index (χ3v) is 6.82. The number of pyridine rings is 1. The standard InChI is InChI=1S/C22H27N5O5S/c23-21-20-17(14-33(30,31)26-21)4-1-5-18(20)32-13-15-3-2-9-27(12-15)19-11-16(6-7-24-19)22(29)25-8-10-28/h1,4-7,11,15,28H,2-3,8-10,12-14H2,(H2,23,26)(H,25,29)/t15-/m0/s1. The topological polar surface area (TPSA) is 147 Å². The van der Waals surface area contributed by atoms with Crippen molar-refractivity contribution in [3.63, 3.8) is 0 Å². The second kappa shape index (κ2) is 9.75. The van der Waals surface area contributed by atoms with Gasteiger partial charge >= 0.3 is 0 Å². The number of amides is 1. The number of hydrogen-bond acceptors (Lipinski definition) is 8. The molecule has 0 radical (unpaired) electrons. The van der Waals surface area contributed by atoms with Crippen molar-refractivity contribution in [3.05, 3.63) is 53.2 Å². The van der Waals surface area contributed by atoms with Gasteiger partial charge in [-0.05, 0) is 36.6 Å². The summed E-state index contributed by atoms with van der Waals surface area (Å²) in [4.78, 5) is 18.8. The van der Waals surface area contributed by atoms with Gasteiger partial charge in [0.05, 0.1) is 24.5 Å². The molecule has 4 N–H and O–H groups in total. The summed E-state index contributed by atoms with van der Waals surface area (Å²) in [6.45, 7) is 2.05. The van der Waals surface area contributed by atoms with Gasteiger partial charge in [-0.2, -0.15) is 0 Å². The van der Waals surface area contributed by atoms with E-state index in [9.17, 15) is 13.2 Å². The minimum atomic E-state index is -3.60. The Kier molecular flexibility index (Phi) is 6.80. The van der Waals surface area contributed by atoms with Crippen LogP contribution in [0, 0.1) is 5.92 Å². The Labute approximate surface area is 192 Å². The molecule has 1 aromatic carbocycles. The van der Waals surface area contributed by atoms with Crippen LogP contribution in [-0.2, 0) is 15.8 Å². The van der Waals surface area contributed by atoms with E-state index in [1.54, 1.807) is 36.5 Å². The number of hydrogen-bond donors (Lipinski definition) is 3. The minimum absolute atomic E-state index is 0.0439. The van der Waals surface area contributed by atoms with Crippen LogP contribution in [0.15, 0.2) is 40.9 Å². The van der Waals surface area contributed by atoms with E-state index in [0.29, 0.717) is 35.6 Å². The largest absolute Gasteiger partial charge is 0.492 e. The highest BCUT2D eigenvalue weighted by Crippen LogP contribution is 2.29. The number of nitrogens with one attached hydrogen (secondary N) is 1. The van der Waals surface area contributed by atoms with E-state index in [-0.39, 0.29) is 36.6 Å². The molecule has 1 atom stereocenters. The fraction of sp³-hybridized carbons (Fsp3) is 0.409. The van der Waals surface area contributed by atoms with Crippen molar-refractivity contribution in [1.29, 1.82) is 0 Å². The number of aliphatic hydroxyl groups is 1. The Balaban J connectivity index is 1.43. The van der Waals surface area contributed by atoms with Crippen LogP contribution in [0.25, 0.3) is 0 Å². The fourth-order valence-electron chi connectivity index (χ4n) is 4.15. The first-order valence-corrected chi connectivity index (χ1v) is 12.4. The van der Waals surface area contributed by atoms with Crippen LogP contribution >= 0.6 is 0 Å². The van der Waals surface area contributed by atoms with Crippen molar-refractivity contribution in [2.24, 2.45) is 16.0 Å². The summed E-state index contributed by atoms with van der Waals surface area (Å²) in [5, 5.41) is 11.5. The molecule has 176 valence electrons. The maximum absolute atomic E-state index is 12.2. The van der Waals surface area contributed by atoms with Gasteiger partial charge in [0, 0.05) is 37.3 Å². The third-order valence-electron chi connectivity index (χ3n) is 5.67. The summed E-state index contributed by atoms with van der Waals surface area (Å²) in [7, 11) is -3.60. The number of fused-ring (bicyclic) bond motifs is 1. The lowest BCUT2D eigenvalue weighted by Gasteiger charge is -2.33. The number of aliphatic hydroxyl groups excluding tert-OH is 1. The molecule has 1 saturated heterocycles. The number of ether oxygens (including phenoxy) is 1. The number of nitrogens with two attached hydrogens (primary N) is 1. The fourth-order valence-corrected chi connectivity index (χ4v) is 5.24. The van der Waals surface area contributed by atoms with E-state index in [1.165, 1.54) is 0 Å². The van der Waals surface area contributed by atoms with Crippen LogP contribution in [0.4, 0.5) is 5.82 Å². The molecule has 1 fully saturated rings. The highest BCUT2D eigenvalue weighted by atomic mass is 32.2. The lowest BCUT2D eigenvalue weighted by molar-refractivity contribution is 0.0944. The van der Waals surface area contributed by atoms with Gasteiger partial charge in [0.25, 0.3) is 15.9 Å². The van der Waals surface area contributed by atoms with Gasteiger partial charge in [0.1, 0.15) is 17.4 Å². The van der Waals surface area contributed by atoms with Gasteiger partial charge in [-0.3, -0.25) is 4.79 Å². The van der Waals surface area contributed by atoms with Crippen LogP contribution in [0.1, 0.15) is 34.3 Å². The number of carbonyl (C=O) groups is 1. The van der Waals surface area contributed by atoms with Crippen molar-refractivity contribution in [3.8, 4) is 5.75 Å². The summed E-state index contributed by atoms with van der Waals surface area (Å²) in [6, 6.07) is 8.65. The number of benzene rings is 1. The molecule has 0 unspecified atom stereocenters. The first kappa shape index (κ1) is 23.0. The molecule has 1 aromatic heterocycles. The summed E-state index contributed by atoms with van der Waals surface area (Å²) in [5.74, 6) is 0.980. The van der Waals surface area contributed by atoms with Gasteiger partial charge < -0.3 is 25.8 Å². The van der Waals surface area contributed by atoms with E-state index in [0.717, 1.165) is 25.2 Å².